The molecule has 0 aliphatic carbocycles. The van der Waals surface area contributed by atoms with Gasteiger partial charge in [0.2, 0.25) is 0 Å². The molecule has 0 fully saturated rings. The quantitative estimate of drug-likeness (QED) is 0.567. The molecule has 0 saturated heterocycles. The first-order chi connectivity index (χ1) is 5.57. The van der Waals surface area contributed by atoms with Crippen LogP contribution in [-0.2, 0) is 4.79 Å². The van der Waals surface area contributed by atoms with Gasteiger partial charge in [0.1, 0.15) is 6.04 Å². The predicted molar refractivity (Wildman–Crippen MR) is 41.0 cm³/mol. The Labute approximate surface area is 69.2 Å². The van der Waals surface area contributed by atoms with Crippen LogP contribution in [0.2, 0.25) is 0 Å². The zero-order chi connectivity index (χ0) is 9.56. The third kappa shape index (κ3) is 4.63. The highest BCUT2D eigenvalue weighted by molar-refractivity contribution is 8.13. The van der Waals surface area contributed by atoms with Gasteiger partial charge in [-0.05, 0) is 18.8 Å². The Morgan fingerprint density at radius 2 is 2.36 bits per heavy atom. The van der Waals surface area contributed by atoms with Crippen molar-refractivity contribution in [3.8, 4) is 0 Å². The summed E-state index contributed by atoms with van der Waals surface area (Å²) >= 11 is 0.498. The SMILES string of the molecule is [2H]CN[C@@H](CSC(=O)O)C(=O)O. The minimum atomic E-state index is -1.14. The van der Waals surface area contributed by atoms with Gasteiger partial charge < -0.3 is 15.5 Å². The average Bonchev–Trinajstić information content (AvgIpc) is 1.96. The van der Waals surface area contributed by atoms with E-state index in [1.165, 1.54) is 0 Å². The molecule has 0 unspecified atom stereocenters. The zero-order valence-electron chi connectivity index (χ0n) is 6.61. The molecule has 0 aliphatic heterocycles. The van der Waals surface area contributed by atoms with Crippen molar-refractivity contribution in [1.82, 2.24) is 5.32 Å². The summed E-state index contributed by atoms with van der Waals surface area (Å²) in [5.74, 6) is -1.22. The van der Waals surface area contributed by atoms with E-state index in [4.69, 9.17) is 11.6 Å². The second-order valence-electron chi connectivity index (χ2n) is 1.67. The van der Waals surface area contributed by atoms with Crippen LogP contribution in [0.15, 0.2) is 0 Å². The molecule has 0 aliphatic rings. The highest BCUT2D eigenvalue weighted by Gasteiger charge is 2.15. The lowest BCUT2D eigenvalue weighted by atomic mass is 10.3. The Hall–Kier alpha value is -0.750. The van der Waals surface area contributed by atoms with Gasteiger partial charge in [-0.1, -0.05) is 0 Å². The van der Waals surface area contributed by atoms with Gasteiger partial charge in [-0.15, -0.1) is 0 Å². The topological polar surface area (TPSA) is 86.6 Å². The van der Waals surface area contributed by atoms with E-state index in [9.17, 15) is 9.59 Å². The fraction of sp³-hybridized carbons (Fsp3) is 0.600. The van der Waals surface area contributed by atoms with Crippen LogP contribution in [0.1, 0.15) is 1.37 Å². The summed E-state index contributed by atoms with van der Waals surface area (Å²) in [6, 6.07) is -0.969. The van der Waals surface area contributed by atoms with Crippen molar-refractivity contribution < 1.29 is 21.2 Å². The van der Waals surface area contributed by atoms with Crippen molar-refractivity contribution in [2.75, 3.05) is 12.8 Å². The van der Waals surface area contributed by atoms with Gasteiger partial charge in [-0.25, -0.2) is 4.79 Å². The summed E-state index contributed by atoms with van der Waals surface area (Å²) in [6.45, 7) is 0. The molecule has 0 aromatic rings. The smallest absolute Gasteiger partial charge is 0.364 e. The van der Waals surface area contributed by atoms with Gasteiger partial charge >= 0.3 is 11.3 Å². The minimum Gasteiger partial charge on any atom is -0.480 e. The molecule has 0 aromatic heterocycles. The van der Waals surface area contributed by atoms with Crippen molar-refractivity contribution >= 4 is 23.0 Å². The largest absolute Gasteiger partial charge is 0.480 e. The van der Waals surface area contributed by atoms with E-state index in [-0.39, 0.29) is 12.8 Å². The highest BCUT2D eigenvalue weighted by atomic mass is 32.2. The summed E-state index contributed by atoms with van der Waals surface area (Å²) in [5.41, 5.74) is 0. The first-order valence-corrected chi connectivity index (χ1v) is 3.67. The van der Waals surface area contributed by atoms with Crippen LogP contribution in [0.25, 0.3) is 0 Å². The monoisotopic (exact) mass is 180 g/mol. The molecule has 0 radical (unpaired) electrons. The summed E-state index contributed by atoms with van der Waals surface area (Å²) in [5, 5.41) is 17.9. The molecule has 1 atom stereocenters. The summed E-state index contributed by atoms with van der Waals surface area (Å²) < 4.78 is 6.68. The lowest BCUT2D eigenvalue weighted by Gasteiger charge is -2.07. The van der Waals surface area contributed by atoms with Crippen molar-refractivity contribution in [3.05, 3.63) is 0 Å². The van der Waals surface area contributed by atoms with E-state index in [2.05, 4.69) is 5.32 Å². The van der Waals surface area contributed by atoms with Crippen molar-refractivity contribution in [2.45, 2.75) is 6.04 Å². The number of carboxylic acids is 1. The maximum absolute atomic E-state index is 10.3. The molecular weight excluding hydrogens is 170 g/mol. The van der Waals surface area contributed by atoms with E-state index in [0.717, 1.165) is 0 Å². The first-order valence-electron chi connectivity index (χ1n) is 3.39. The number of rotatable bonds is 4. The van der Waals surface area contributed by atoms with E-state index in [0.29, 0.717) is 11.8 Å². The number of likely N-dealkylation sites (N-methyl/N-ethyl adjacent to an activating group) is 1. The molecule has 0 aromatic carbocycles. The lowest BCUT2D eigenvalue weighted by molar-refractivity contribution is -0.138. The van der Waals surface area contributed by atoms with Crippen LogP contribution in [0.4, 0.5) is 4.79 Å². The maximum Gasteiger partial charge on any atom is 0.364 e. The molecule has 0 amide bonds. The molecule has 0 bridgehead atoms. The molecular formula is C5H9NO4S. The van der Waals surface area contributed by atoms with Crippen LogP contribution >= 0.6 is 11.8 Å². The lowest BCUT2D eigenvalue weighted by Crippen LogP contribution is -2.36. The predicted octanol–water partition coefficient (Wildman–Crippen LogP) is 0.0702. The van der Waals surface area contributed by atoms with E-state index < -0.39 is 17.3 Å². The molecule has 6 heteroatoms. The third-order valence-corrected chi connectivity index (χ3v) is 1.66. The van der Waals surface area contributed by atoms with Crippen LogP contribution in [0, 0.1) is 0 Å². The van der Waals surface area contributed by atoms with Crippen molar-refractivity contribution in [1.29, 1.82) is 0 Å². The Balaban J connectivity index is 3.79. The zero-order valence-corrected chi connectivity index (χ0v) is 6.43. The van der Waals surface area contributed by atoms with Gasteiger partial charge in [0.15, 0.2) is 0 Å². The van der Waals surface area contributed by atoms with Gasteiger partial charge in [0, 0.05) is 7.12 Å². The number of hydrogen-bond acceptors (Lipinski definition) is 4. The van der Waals surface area contributed by atoms with Crippen LogP contribution in [-0.4, -0.2) is 40.3 Å². The molecule has 64 valence electrons. The minimum absolute atomic E-state index is 0.0798. The van der Waals surface area contributed by atoms with E-state index in [1.807, 2.05) is 0 Å². The van der Waals surface area contributed by atoms with Gasteiger partial charge in [0.25, 0.3) is 0 Å². The Kier molecular flexibility index (Phi) is 3.77. The standard InChI is InChI=1S/C5H9NO4S/c1-6-3(4(7)8)2-11-5(9)10/h3,6H,2H2,1H3,(H,7,8)(H,9,10)/t3-/m0/s1/i1D. The van der Waals surface area contributed by atoms with Gasteiger partial charge in [-0.2, -0.15) is 0 Å². The number of carbonyl (C=O) groups is 2. The fourth-order valence-electron chi connectivity index (χ4n) is 0.372. The summed E-state index contributed by atoms with van der Waals surface area (Å²) in [7, 11) is -0.239. The van der Waals surface area contributed by atoms with E-state index >= 15 is 0 Å². The molecule has 0 spiro atoms. The van der Waals surface area contributed by atoms with Crippen LogP contribution < -0.4 is 5.32 Å². The van der Waals surface area contributed by atoms with Crippen molar-refractivity contribution in [2.24, 2.45) is 0 Å². The van der Waals surface area contributed by atoms with Crippen molar-refractivity contribution in [3.63, 3.8) is 0 Å². The summed E-state index contributed by atoms with van der Waals surface area (Å²) in [6.07, 6.45) is 0. The molecule has 5 nitrogen and oxygen atoms in total. The second-order valence-corrected chi connectivity index (χ2v) is 2.64. The highest BCUT2D eigenvalue weighted by Crippen LogP contribution is 2.03. The first kappa shape index (κ1) is 8.35. The van der Waals surface area contributed by atoms with E-state index in [1.54, 1.807) is 0 Å². The average molecular weight is 180 g/mol. The Morgan fingerprint density at radius 3 is 2.73 bits per heavy atom. The molecule has 0 heterocycles. The van der Waals surface area contributed by atoms with Crippen LogP contribution in [0.3, 0.4) is 0 Å². The fourth-order valence-corrected chi connectivity index (χ4v) is 0.942. The Bertz CT molecular complexity index is 177. The third-order valence-electron chi connectivity index (χ3n) is 0.918. The normalized spacial score (nSPS) is 13.6. The number of carboxylic acid groups (broad SMARTS) is 2. The number of hydrogen-bond donors (Lipinski definition) is 3. The number of aliphatic carboxylic acids is 1. The molecule has 3 N–H and O–H groups in total. The summed E-state index contributed by atoms with van der Waals surface area (Å²) in [4.78, 5) is 20.4. The Morgan fingerprint density at radius 1 is 1.73 bits per heavy atom. The second kappa shape index (κ2) is 4.97. The molecule has 11 heavy (non-hydrogen) atoms. The van der Waals surface area contributed by atoms with Gasteiger partial charge in [-0.3, -0.25) is 4.79 Å². The molecule has 0 rings (SSSR count). The van der Waals surface area contributed by atoms with Crippen LogP contribution in [0.5, 0.6) is 0 Å². The number of nitrogens with one attached hydrogen (secondary N) is 1. The maximum atomic E-state index is 10.3. The number of thioether (sulfide) groups is 1. The molecule has 0 saturated carbocycles. The van der Waals surface area contributed by atoms with Gasteiger partial charge in [0.05, 0.1) is 0 Å².